The van der Waals surface area contributed by atoms with Crippen LogP contribution in [0.4, 0.5) is 0 Å². The Morgan fingerprint density at radius 2 is 1.72 bits per heavy atom. The molecule has 0 bridgehead atoms. The lowest BCUT2D eigenvalue weighted by atomic mass is 9.89. The third kappa shape index (κ3) is 5.05. The van der Waals surface area contributed by atoms with Crippen molar-refractivity contribution in [3.8, 4) is 11.4 Å². The molecule has 32 heavy (non-hydrogen) atoms. The molecule has 0 unspecified atom stereocenters. The van der Waals surface area contributed by atoms with E-state index in [1.807, 2.05) is 15.7 Å². The van der Waals surface area contributed by atoms with Gasteiger partial charge < -0.3 is 10.0 Å². The molecule has 166 valence electrons. The van der Waals surface area contributed by atoms with Crippen LogP contribution in [0.5, 0.6) is 5.75 Å². The van der Waals surface area contributed by atoms with Crippen LogP contribution in [0.25, 0.3) is 5.69 Å². The van der Waals surface area contributed by atoms with Crippen LogP contribution in [0.3, 0.4) is 0 Å². The Kier molecular flexibility index (Phi) is 6.65. The second-order valence-electron chi connectivity index (χ2n) is 8.28. The summed E-state index contributed by atoms with van der Waals surface area (Å²) in [5.74, 6) is 0.540. The zero-order valence-electron chi connectivity index (χ0n) is 18.3. The summed E-state index contributed by atoms with van der Waals surface area (Å²) in [5.41, 5.74) is 4.03. The first-order chi connectivity index (χ1) is 15.4. The Hall–Kier alpha value is -3.06. The lowest BCUT2D eigenvalue weighted by Crippen LogP contribution is -2.41. The zero-order chi connectivity index (χ0) is 22.7. The van der Waals surface area contributed by atoms with Crippen LogP contribution >= 0.6 is 11.8 Å². The topological polar surface area (TPSA) is 75.4 Å². The van der Waals surface area contributed by atoms with Gasteiger partial charge in [0.05, 0.1) is 5.75 Å². The number of carbonyl (C=O) groups is 2. The first-order valence-corrected chi connectivity index (χ1v) is 11.7. The number of hydrogen-bond acceptors (Lipinski definition) is 5. The molecule has 1 saturated heterocycles. The number of ketones is 1. The molecule has 0 saturated carbocycles. The van der Waals surface area contributed by atoms with E-state index in [0.717, 1.165) is 10.8 Å². The number of piperidine rings is 1. The monoisotopic (exact) mass is 449 g/mol. The fourth-order valence-electron chi connectivity index (χ4n) is 4.15. The zero-order valence-corrected chi connectivity index (χ0v) is 19.1. The molecule has 2 heterocycles. The maximum Gasteiger partial charge on any atom is 0.233 e. The number of amides is 1. The molecule has 6 nitrogen and oxygen atoms in total. The fourth-order valence-corrected chi connectivity index (χ4v) is 5.03. The number of imidazole rings is 1. The molecular formula is C25H27N3O3S. The molecule has 1 N–H and O–H groups in total. The Bertz CT molecular complexity index is 1100. The highest BCUT2D eigenvalue weighted by Gasteiger charge is 2.28. The fraction of sp³-hybridized carbons (Fsp3) is 0.320. The number of rotatable bonds is 6. The van der Waals surface area contributed by atoms with Gasteiger partial charge in [0.15, 0.2) is 10.9 Å². The van der Waals surface area contributed by atoms with E-state index in [2.05, 4.69) is 37.0 Å². The minimum atomic E-state index is -0.0836. The third-order valence-electron chi connectivity index (χ3n) is 5.79. The van der Waals surface area contributed by atoms with E-state index in [4.69, 9.17) is 0 Å². The van der Waals surface area contributed by atoms with Crippen molar-refractivity contribution in [3.63, 3.8) is 0 Å². The second-order valence-corrected chi connectivity index (χ2v) is 9.22. The van der Waals surface area contributed by atoms with Gasteiger partial charge >= 0.3 is 0 Å². The number of benzene rings is 2. The summed E-state index contributed by atoms with van der Waals surface area (Å²) in [7, 11) is 0. The maximum absolute atomic E-state index is 12.8. The largest absolute Gasteiger partial charge is 0.508 e. The van der Waals surface area contributed by atoms with Gasteiger partial charge in [0.25, 0.3) is 0 Å². The number of likely N-dealkylation sites (tertiary alicyclic amines) is 1. The predicted octanol–water partition coefficient (Wildman–Crippen LogP) is 4.41. The summed E-state index contributed by atoms with van der Waals surface area (Å²) in [6, 6.07) is 12.7. The Morgan fingerprint density at radius 1 is 1.06 bits per heavy atom. The molecule has 1 aliphatic rings. The minimum absolute atomic E-state index is 0.0699. The summed E-state index contributed by atoms with van der Waals surface area (Å²) < 4.78 is 2.01. The number of phenols is 1. The standard InChI is InChI=1S/C25H27N3O3S/c1-17-13-18(2)15-21(14-17)28-12-9-26-25(28)32-16-23(30)27-10-7-20(8-11-27)24(31)19-3-5-22(29)6-4-19/h3-6,9,12-15,20,29H,7-8,10-11,16H2,1-2H3. The van der Waals surface area contributed by atoms with Crippen molar-refractivity contribution >= 4 is 23.5 Å². The molecular weight excluding hydrogens is 422 g/mol. The average Bonchev–Trinajstić information content (AvgIpc) is 3.26. The molecule has 2 aromatic carbocycles. The lowest BCUT2D eigenvalue weighted by molar-refractivity contribution is -0.129. The van der Waals surface area contributed by atoms with Crippen molar-refractivity contribution in [2.45, 2.75) is 31.8 Å². The van der Waals surface area contributed by atoms with E-state index in [1.165, 1.54) is 35.0 Å². The number of hydrogen-bond donors (Lipinski definition) is 1. The smallest absolute Gasteiger partial charge is 0.233 e. The van der Waals surface area contributed by atoms with Crippen LogP contribution in [0.1, 0.15) is 34.3 Å². The second kappa shape index (κ2) is 9.61. The molecule has 4 rings (SSSR count). The Balaban J connectivity index is 1.32. The van der Waals surface area contributed by atoms with E-state index >= 15 is 0 Å². The first kappa shape index (κ1) is 22.1. The minimum Gasteiger partial charge on any atom is -0.508 e. The molecule has 0 atom stereocenters. The molecule has 1 aromatic heterocycles. The van der Waals surface area contributed by atoms with Crippen molar-refractivity contribution in [3.05, 3.63) is 71.5 Å². The molecule has 0 spiro atoms. The number of Topliss-reactive ketones (excluding diaryl/α,β-unsaturated/α-hetero) is 1. The molecule has 1 fully saturated rings. The van der Waals surface area contributed by atoms with Crippen molar-refractivity contribution in [2.75, 3.05) is 18.8 Å². The van der Waals surface area contributed by atoms with Gasteiger partial charge in [-0.2, -0.15) is 0 Å². The number of thioether (sulfide) groups is 1. The summed E-state index contributed by atoms with van der Waals surface area (Å²) in [4.78, 5) is 31.8. The molecule has 0 aliphatic carbocycles. The highest BCUT2D eigenvalue weighted by atomic mass is 32.2. The van der Waals surface area contributed by atoms with E-state index in [0.29, 0.717) is 37.2 Å². The van der Waals surface area contributed by atoms with Crippen LogP contribution in [0.15, 0.2) is 60.0 Å². The summed E-state index contributed by atoms with van der Waals surface area (Å²) >= 11 is 1.44. The van der Waals surface area contributed by atoms with E-state index in [-0.39, 0.29) is 23.4 Å². The number of aromatic nitrogens is 2. The summed E-state index contributed by atoms with van der Waals surface area (Å²) in [5, 5.41) is 10.2. The van der Waals surface area contributed by atoms with Gasteiger partial charge in [-0.3, -0.25) is 14.2 Å². The van der Waals surface area contributed by atoms with Crippen LogP contribution < -0.4 is 0 Å². The Labute approximate surface area is 192 Å². The van der Waals surface area contributed by atoms with Crippen LogP contribution in [0.2, 0.25) is 0 Å². The van der Waals surface area contributed by atoms with Crippen molar-refractivity contribution < 1.29 is 14.7 Å². The van der Waals surface area contributed by atoms with Crippen LogP contribution in [0, 0.1) is 19.8 Å². The number of carbonyl (C=O) groups excluding carboxylic acids is 2. The number of phenolic OH excluding ortho intramolecular Hbond substituents is 1. The number of aromatic hydroxyl groups is 1. The van der Waals surface area contributed by atoms with Gasteiger partial charge in [-0.1, -0.05) is 17.8 Å². The number of aryl methyl sites for hydroxylation is 2. The van der Waals surface area contributed by atoms with Crippen molar-refractivity contribution in [1.82, 2.24) is 14.5 Å². The molecule has 0 radical (unpaired) electrons. The molecule has 1 aliphatic heterocycles. The van der Waals surface area contributed by atoms with Crippen LogP contribution in [-0.2, 0) is 4.79 Å². The Morgan fingerprint density at radius 3 is 2.38 bits per heavy atom. The third-order valence-corrected chi connectivity index (χ3v) is 6.74. The van der Waals surface area contributed by atoms with Gasteiger partial charge in [0, 0.05) is 42.7 Å². The van der Waals surface area contributed by atoms with E-state index < -0.39 is 0 Å². The normalized spacial score (nSPS) is 14.5. The van der Waals surface area contributed by atoms with Gasteiger partial charge in [0.1, 0.15) is 5.75 Å². The summed E-state index contributed by atoms with van der Waals surface area (Å²) in [6.45, 7) is 5.30. The predicted molar refractivity (Wildman–Crippen MR) is 126 cm³/mol. The van der Waals surface area contributed by atoms with Gasteiger partial charge in [-0.25, -0.2) is 4.98 Å². The van der Waals surface area contributed by atoms with Gasteiger partial charge in [-0.15, -0.1) is 0 Å². The SMILES string of the molecule is Cc1cc(C)cc(-n2ccnc2SCC(=O)N2CCC(C(=O)c3ccc(O)cc3)CC2)c1. The number of nitrogens with zero attached hydrogens (tertiary/aromatic N) is 3. The van der Waals surface area contributed by atoms with Crippen LogP contribution in [-0.4, -0.2) is 50.1 Å². The highest BCUT2D eigenvalue weighted by Crippen LogP contribution is 2.25. The highest BCUT2D eigenvalue weighted by molar-refractivity contribution is 7.99. The lowest BCUT2D eigenvalue weighted by Gasteiger charge is -2.31. The summed E-state index contributed by atoms with van der Waals surface area (Å²) in [6.07, 6.45) is 4.99. The maximum atomic E-state index is 12.8. The average molecular weight is 450 g/mol. The first-order valence-electron chi connectivity index (χ1n) is 10.8. The van der Waals surface area contributed by atoms with Crippen molar-refractivity contribution in [2.24, 2.45) is 5.92 Å². The van der Waals surface area contributed by atoms with Crippen molar-refractivity contribution in [1.29, 1.82) is 0 Å². The van der Waals surface area contributed by atoms with E-state index in [9.17, 15) is 14.7 Å². The molecule has 7 heteroatoms. The van der Waals surface area contributed by atoms with Gasteiger partial charge in [0.2, 0.25) is 5.91 Å². The molecule has 3 aromatic rings. The van der Waals surface area contributed by atoms with Gasteiger partial charge in [-0.05, 0) is 74.2 Å². The quantitative estimate of drug-likeness (QED) is 0.446. The van der Waals surface area contributed by atoms with E-state index in [1.54, 1.807) is 18.3 Å². The molecule has 1 amide bonds.